The van der Waals surface area contributed by atoms with Gasteiger partial charge in [0.2, 0.25) is 0 Å². The van der Waals surface area contributed by atoms with Gasteiger partial charge in [0.15, 0.2) is 10.6 Å². The van der Waals surface area contributed by atoms with E-state index < -0.39 is 28.1 Å². The topological polar surface area (TPSA) is 122 Å². The lowest BCUT2D eigenvalue weighted by Gasteiger charge is -2.17. The van der Waals surface area contributed by atoms with E-state index in [0.29, 0.717) is 0 Å². The minimum absolute atomic E-state index is 0.235. The van der Waals surface area contributed by atoms with Gasteiger partial charge in [0.05, 0.1) is 12.9 Å². The average molecular weight is 263 g/mol. The van der Waals surface area contributed by atoms with E-state index in [1.165, 1.54) is 17.1 Å². The fraction of sp³-hybridized carbons (Fsp3) is 0.500. The van der Waals surface area contributed by atoms with Crippen molar-refractivity contribution in [2.75, 3.05) is 6.54 Å². The molecule has 1 rings (SSSR count). The molecule has 1 heterocycles. The summed E-state index contributed by atoms with van der Waals surface area (Å²) < 4.78 is 26.7. The molecule has 1 aromatic rings. The molecule has 0 bridgehead atoms. The number of imidazole rings is 1. The third-order valence-electron chi connectivity index (χ3n) is 2.02. The molecule has 0 aromatic carbocycles. The van der Waals surface area contributed by atoms with Gasteiger partial charge in [-0.15, -0.1) is 0 Å². The van der Waals surface area contributed by atoms with Crippen molar-refractivity contribution in [3.63, 3.8) is 0 Å². The van der Waals surface area contributed by atoms with Crippen molar-refractivity contribution < 1.29 is 23.4 Å². The second-order valence-corrected chi connectivity index (χ2v) is 5.49. The highest BCUT2D eigenvalue weighted by Gasteiger charge is 2.32. The summed E-state index contributed by atoms with van der Waals surface area (Å²) >= 11 is 0. The summed E-state index contributed by atoms with van der Waals surface area (Å²) in [7, 11) is -2.31. The minimum atomic E-state index is -3.91. The molecule has 8 nitrogen and oxygen atoms in total. The van der Waals surface area contributed by atoms with Crippen LogP contribution >= 0.6 is 0 Å². The molecule has 3 N–H and O–H groups in total. The predicted octanol–water partition coefficient (Wildman–Crippen LogP) is -1.47. The molecule has 0 spiro atoms. The number of carbonyl (C=O) groups is 1. The molecule has 0 radical (unpaired) electrons. The van der Waals surface area contributed by atoms with Gasteiger partial charge in [0, 0.05) is 13.2 Å². The molecular formula is C8H13N3O5S. The third-order valence-corrected chi connectivity index (χ3v) is 3.31. The molecule has 0 aliphatic carbocycles. The zero-order valence-electron chi connectivity index (χ0n) is 9.28. The third kappa shape index (κ3) is 3.25. The first kappa shape index (κ1) is 13.6. The van der Waals surface area contributed by atoms with Crippen LogP contribution in [0.2, 0.25) is 0 Å². The molecule has 0 amide bonds. The lowest BCUT2D eigenvalue weighted by Crippen LogP contribution is -2.46. The summed E-state index contributed by atoms with van der Waals surface area (Å²) in [5.74, 6) is -1.51. The summed E-state index contributed by atoms with van der Waals surface area (Å²) in [5, 5.41) is 17.7. The Hall–Kier alpha value is -1.45. The highest BCUT2D eigenvalue weighted by molar-refractivity contribution is 7.89. The van der Waals surface area contributed by atoms with Gasteiger partial charge < -0.3 is 14.8 Å². The number of carboxylic acid groups (broad SMARTS) is 1. The smallest absolute Gasteiger partial charge is 0.336 e. The maximum Gasteiger partial charge on any atom is 0.336 e. The van der Waals surface area contributed by atoms with Crippen LogP contribution in [-0.2, 0) is 21.9 Å². The van der Waals surface area contributed by atoms with Gasteiger partial charge in [-0.25, -0.2) is 22.9 Å². The largest absolute Gasteiger partial charge is 0.479 e. The molecule has 0 saturated heterocycles. The second kappa shape index (κ2) is 4.43. The van der Waals surface area contributed by atoms with Crippen molar-refractivity contribution in [2.45, 2.75) is 17.6 Å². The average Bonchev–Trinajstić information content (AvgIpc) is 2.63. The Morgan fingerprint density at radius 2 is 2.24 bits per heavy atom. The Kier molecular flexibility index (Phi) is 3.55. The molecule has 1 atom stereocenters. The minimum Gasteiger partial charge on any atom is -0.479 e. The predicted molar refractivity (Wildman–Crippen MR) is 56.7 cm³/mol. The van der Waals surface area contributed by atoms with Gasteiger partial charge in [-0.2, -0.15) is 0 Å². The number of nitrogens with zero attached hydrogens (tertiary/aromatic N) is 2. The molecule has 1 unspecified atom stereocenters. The van der Waals surface area contributed by atoms with Crippen LogP contribution in [0.15, 0.2) is 17.6 Å². The molecule has 9 heteroatoms. The number of aromatic nitrogens is 2. The number of hydrogen-bond acceptors (Lipinski definition) is 5. The number of aryl methyl sites for hydroxylation is 1. The van der Waals surface area contributed by atoms with E-state index in [2.05, 4.69) is 4.98 Å². The van der Waals surface area contributed by atoms with E-state index in [0.717, 1.165) is 6.92 Å². The number of aliphatic hydroxyl groups is 1. The molecule has 17 heavy (non-hydrogen) atoms. The van der Waals surface area contributed by atoms with Crippen molar-refractivity contribution >= 4 is 16.0 Å². The Morgan fingerprint density at radius 1 is 1.65 bits per heavy atom. The quantitative estimate of drug-likeness (QED) is 0.596. The molecule has 0 saturated carbocycles. The van der Waals surface area contributed by atoms with Gasteiger partial charge in [-0.05, 0) is 6.92 Å². The van der Waals surface area contributed by atoms with Crippen molar-refractivity contribution in [3.05, 3.63) is 12.5 Å². The monoisotopic (exact) mass is 263 g/mol. The van der Waals surface area contributed by atoms with E-state index in [9.17, 15) is 18.3 Å². The normalized spacial score (nSPS) is 15.5. The van der Waals surface area contributed by atoms with Crippen LogP contribution in [0.25, 0.3) is 0 Å². The van der Waals surface area contributed by atoms with Crippen LogP contribution in [0.1, 0.15) is 6.92 Å². The molecule has 96 valence electrons. The zero-order chi connectivity index (χ0) is 13.3. The van der Waals surface area contributed by atoms with Crippen LogP contribution < -0.4 is 4.72 Å². The SMILES string of the molecule is Cn1cnc(S(=O)(=O)NCC(C)(O)C(=O)O)c1. The molecule has 0 fully saturated rings. The van der Waals surface area contributed by atoms with Crippen molar-refractivity contribution in [1.29, 1.82) is 0 Å². The summed E-state index contributed by atoms with van der Waals surface area (Å²) in [6, 6.07) is 0. The van der Waals surface area contributed by atoms with Gasteiger partial charge in [0.1, 0.15) is 0 Å². The van der Waals surface area contributed by atoms with Crippen LogP contribution in [0.5, 0.6) is 0 Å². The highest BCUT2D eigenvalue weighted by Crippen LogP contribution is 2.07. The van der Waals surface area contributed by atoms with Crippen LogP contribution in [-0.4, -0.2) is 46.3 Å². The van der Waals surface area contributed by atoms with Gasteiger partial charge in [-0.3, -0.25) is 0 Å². The van der Waals surface area contributed by atoms with Crippen molar-refractivity contribution in [1.82, 2.24) is 14.3 Å². The van der Waals surface area contributed by atoms with E-state index in [1.54, 1.807) is 7.05 Å². The fourth-order valence-corrected chi connectivity index (χ4v) is 2.02. The van der Waals surface area contributed by atoms with E-state index in [-0.39, 0.29) is 5.03 Å². The number of carboxylic acids is 1. The Labute approximate surface area is 98.0 Å². The Balaban J connectivity index is 2.79. The summed E-state index contributed by atoms with van der Waals surface area (Å²) in [6.45, 7) is 0.359. The van der Waals surface area contributed by atoms with Gasteiger partial charge >= 0.3 is 5.97 Å². The first-order valence-corrected chi connectivity index (χ1v) is 6.07. The number of aliphatic carboxylic acids is 1. The number of nitrogens with one attached hydrogen (secondary N) is 1. The molecule has 0 aliphatic heterocycles. The maximum absolute atomic E-state index is 11.6. The maximum atomic E-state index is 11.6. The van der Waals surface area contributed by atoms with Gasteiger partial charge in [-0.1, -0.05) is 0 Å². The summed E-state index contributed by atoms with van der Waals surface area (Å²) in [4.78, 5) is 14.2. The molecular weight excluding hydrogens is 250 g/mol. The molecule has 0 aliphatic rings. The van der Waals surface area contributed by atoms with Crippen molar-refractivity contribution in [2.24, 2.45) is 7.05 Å². The van der Waals surface area contributed by atoms with Gasteiger partial charge in [0.25, 0.3) is 10.0 Å². The summed E-state index contributed by atoms with van der Waals surface area (Å²) in [6.07, 6.45) is 2.56. The number of hydrogen-bond donors (Lipinski definition) is 3. The second-order valence-electron chi connectivity index (χ2n) is 3.78. The van der Waals surface area contributed by atoms with Crippen LogP contribution in [0, 0.1) is 0 Å². The summed E-state index contributed by atoms with van der Waals surface area (Å²) in [5.41, 5.74) is -2.16. The zero-order valence-corrected chi connectivity index (χ0v) is 10.1. The first-order valence-electron chi connectivity index (χ1n) is 4.58. The Bertz CT molecular complexity index is 519. The van der Waals surface area contributed by atoms with E-state index in [4.69, 9.17) is 5.11 Å². The Morgan fingerprint density at radius 3 is 2.65 bits per heavy atom. The van der Waals surface area contributed by atoms with Crippen LogP contribution in [0.3, 0.4) is 0 Å². The standard InChI is InChI=1S/C8H13N3O5S/c1-8(14,7(12)13)4-10-17(15,16)6-3-11(2)5-9-6/h3,5,10,14H,4H2,1-2H3,(H,12,13). The lowest BCUT2D eigenvalue weighted by atomic mass is 10.1. The first-order chi connectivity index (χ1) is 7.65. The van der Waals surface area contributed by atoms with Crippen LogP contribution in [0.4, 0.5) is 0 Å². The number of sulfonamides is 1. The number of rotatable bonds is 5. The molecule has 1 aromatic heterocycles. The fourth-order valence-electron chi connectivity index (χ4n) is 0.913. The van der Waals surface area contributed by atoms with E-state index >= 15 is 0 Å². The van der Waals surface area contributed by atoms with Crippen molar-refractivity contribution in [3.8, 4) is 0 Å². The lowest BCUT2D eigenvalue weighted by molar-refractivity contribution is -0.155. The van der Waals surface area contributed by atoms with E-state index in [1.807, 2.05) is 4.72 Å². The highest BCUT2D eigenvalue weighted by atomic mass is 32.2.